The molecule has 2 aliphatic rings. The summed E-state index contributed by atoms with van der Waals surface area (Å²) in [5, 5.41) is 22.6. The van der Waals surface area contributed by atoms with Crippen LogP contribution in [0.25, 0.3) is 0 Å². The number of amides is 2. The highest BCUT2D eigenvalue weighted by Crippen LogP contribution is 2.57. The van der Waals surface area contributed by atoms with Crippen LogP contribution in [0.3, 0.4) is 0 Å². The van der Waals surface area contributed by atoms with Gasteiger partial charge in [0, 0.05) is 18.7 Å². The molecule has 2 fully saturated rings. The predicted octanol–water partition coefficient (Wildman–Crippen LogP) is 3.38. The second kappa shape index (κ2) is 14.0. The monoisotopic (exact) mass is 622 g/mol. The lowest BCUT2D eigenvalue weighted by Crippen LogP contribution is -2.54. The van der Waals surface area contributed by atoms with E-state index in [1.54, 1.807) is 12.1 Å². The number of nitrogens with zero attached hydrogens (tertiary/aromatic N) is 1. The van der Waals surface area contributed by atoms with Crippen LogP contribution in [-0.4, -0.2) is 83.7 Å². The first kappa shape index (κ1) is 34.8. The van der Waals surface area contributed by atoms with Crippen molar-refractivity contribution in [1.29, 1.82) is 0 Å². The van der Waals surface area contributed by atoms with Gasteiger partial charge in [-0.15, -0.1) is 0 Å². The molecule has 1 aliphatic heterocycles. The van der Waals surface area contributed by atoms with Crippen LogP contribution in [0, 0.1) is 16.7 Å². The summed E-state index contributed by atoms with van der Waals surface area (Å²) in [5.41, 5.74) is 0.886. The topological polar surface area (TPSA) is 150 Å². The van der Waals surface area contributed by atoms with E-state index in [9.17, 15) is 33.0 Å². The summed E-state index contributed by atoms with van der Waals surface area (Å²) < 4.78 is 30.4. The number of benzene rings is 1. The minimum absolute atomic E-state index is 0.0462. The number of phenols is 1. The molecule has 5 atom stereocenters. The van der Waals surface area contributed by atoms with Gasteiger partial charge in [-0.25, -0.2) is 13.2 Å². The maximum atomic E-state index is 13.7. The van der Waals surface area contributed by atoms with E-state index < -0.39 is 45.8 Å². The molecule has 1 saturated carbocycles. The van der Waals surface area contributed by atoms with Gasteiger partial charge in [-0.2, -0.15) is 0 Å². The van der Waals surface area contributed by atoms with Crippen LogP contribution in [-0.2, 0) is 35.4 Å². The summed E-state index contributed by atoms with van der Waals surface area (Å²) in [6, 6.07) is 3.94. The number of aliphatic hydroxyl groups is 1. The zero-order valence-electron chi connectivity index (χ0n) is 26.5. The highest BCUT2D eigenvalue weighted by molar-refractivity contribution is 7.91. The molecule has 1 aromatic rings. The summed E-state index contributed by atoms with van der Waals surface area (Å²) in [7, 11) is -3.46. The molecular formula is C32H50N2O8S. The van der Waals surface area contributed by atoms with Gasteiger partial charge in [-0.05, 0) is 79.9 Å². The molecule has 43 heavy (non-hydrogen) atoms. The van der Waals surface area contributed by atoms with Gasteiger partial charge >= 0.3 is 5.97 Å². The summed E-state index contributed by atoms with van der Waals surface area (Å²) in [6.07, 6.45) is 1.81. The van der Waals surface area contributed by atoms with Crippen LogP contribution in [0.4, 0.5) is 0 Å². The molecule has 1 aliphatic carbocycles. The minimum Gasteiger partial charge on any atom is -0.508 e. The SMILES string of the molecule is CCS(=O)(=O)CCC(NC(=O)C(O)Cc1ccc(O)cc1)C(=O)N1CCCC1C(=O)OC(C)CC1CCC(C)(C)C1(C)C. The fourth-order valence-electron chi connectivity index (χ4n) is 6.30. The Morgan fingerprint density at radius 2 is 1.77 bits per heavy atom. The Bertz CT molecular complexity index is 1240. The van der Waals surface area contributed by atoms with Crippen molar-refractivity contribution in [2.24, 2.45) is 16.7 Å². The van der Waals surface area contributed by atoms with E-state index in [0.29, 0.717) is 24.3 Å². The van der Waals surface area contributed by atoms with E-state index in [-0.39, 0.29) is 53.6 Å². The molecule has 242 valence electrons. The number of carbonyl (C=O) groups excluding carboxylic acids is 3. The second-order valence-electron chi connectivity index (χ2n) is 13.5. The van der Waals surface area contributed by atoms with Crippen LogP contribution in [0.5, 0.6) is 5.75 Å². The van der Waals surface area contributed by atoms with Gasteiger partial charge in [-0.1, -0.05) is 46.8 Å². The number of hydrogen-bond acceptors (Lipinski definition) is 8. The average Bonchev–Trinajstić information content (AvgIpc) is 3.50. The van der Waals surface area contributed by atoms with E-state index >= 15 is 0 Å². The smallest absolute Gasteiger partial charge is 0.329 e. The molecule has 0 radical (unpaired) electrons. The molecule has 1 aromatic carbocycles. The van der Waals surface area contributed by atoms with Gasteiger partial charge in [0.2, 0.25) is 11.8 Å². The van der Waals surface area contributed by atoms with Crippen LogP contribution in [0.2, 0.25) is 0 Å². The first-order valence-electron chi connectivity index (χ1n) is 15.4. The molecule has 0 spiro atoms. The Morgan fingerprint density at radius 3 is 2.35 bits per heavy atom. The Balaban J connectivity index is 1.68. The summed E-state index contributed by atoms with van der Waals surface area (Å²) >= 11 is 0. The van der Waals surface area contributed by atoms with Crippen molar-refractivity contribution in [3.05, 3.63) is 29.8 Å². The number of phenolic OH excluding ortho intramolecular Hbond substituents is 1. The van der Waals surface area contributed by atoms with Gasteiger partial charge in [0.15, 0.2) is 0 Å². The third-order valence-corrected chi connectivity index (χ3v) is 11.8. The van der Waals surface area contributed by atoms with Crippen molar-refractivity contribution >= 4 is 27.6 Å². The third kappa shape index (κ3) is 8.71. The van der Waals surface area contributed by atoms with Crippen molar-refractivity contribution in [1.82, 2.24) is 10.2 Å². The number of likely N-dealkylation sites (tertiary alicyclic amines) is 1. The lowest BCUT2D eigenvalue weighted by Gasteiger charge is -2.40. The number of carbonyl (C=O) groups is 3. The van der Waals surface area contributed by atoms with Crippen LogP contribution in [0.1, 0.15) is 85.6 Å². The minimum atomic E-state index is -3.46. The second-order valence-corrected chi connectivity index (χ2v) is 16.0. The van der Waals surface area contributed by atoms with Gasteiger partial charge in [0.25, 0.3) is 0 Å². The average molecular weight is 623 g/mol. The molecule has 1 heterocycles. The number of esters is 1. The van der Waals surface area contributed by atoms with Crippen LogP contribution < -0.4 is 5.32 Å². The zero-order valence-corrected chi connectivity index (χ0v) is 27.3. The highest BCUT2D eigenvalue weighted by Gasteiger charge is 2.49. The van der Waals surface area contributed by atoms with E-state index in [2.05, 4.69) is 33.0 Å². The Hall–Kier alpha value is -2.66. The van der Waals surface area contributed by atoms with Crippen molar-refractivity contribution in [2.45, 2.75) is 111 Å². The molecule has 10 nitrogen and oxygen atoms in total. The fraction of sp³-hybridized carbons (Fsp3) is 0.719. The molecule has 0 bridgehead atoms. The fourth-order valence-corrected chi connectivity index (χ4v) is 7.18. The normalized spacial score (nSPS) is 23.4. The first-order valence-corrected chi connectivity index (χ1v) is 17.3. The van der Waals surface area contributed by atoms with Gasteiger partial charge < -0.3 is 25.2 Å². The van der Waals surface area contributed by atoms with Crippen molar-refractivity contribution in [3.63, 3.8) is 0 Å². The Morgan fingerprint density at radius 1 is 1.12 bits per heavy atom. The van der Waals surface area contributed by atoms with Gasteiger partial charge in [0.05, 0.1) is 11.9 Å². The van der Waals surface area contributed by atoms with Crippen molar-refractivity contribution in [3.8, 4) is 5.75 Å². The van der Waals surface area contributed by atoms with E-state index in [0.717, 1.165) is 19.3 Å². The Labute approximate surface area is 256 Å². The number of hydrogen-bond donors (Lipinski definition) is 3. The highest BCUT2D eigenvalue weighted by atomic mass is 32.2. The summed E-state index contributed by atoms with van der Waals surface area (Å²) in [5.74, 6) is -1.88. The van der Waals surface area contributed by atoms with Crippen LogP contribution in [0.15, 0.2) is 24.3 Å². The van der Waals surface area contributed by atoms with Crippen molar-refractivity contribution < 1.29 is 37.8 Å². The zero-order chi connectivity index (χ0) is 32.2. The number of aliphatic hydroxyl groups excluding tert-OH is 1. The standard InChI is InChI=1S/C32H50N2O8S/c1-7-43(40,41)18-15-25(33-28(37)27(36)20-22-10-12-24(35)13-11-22)29(38)34-17-8-9-26(34)30(39)42-21(2)19-23-14-16-31(3,4)32(23,5)6/h10-13,21,23,25-27,35-36H,7-9,14-20H2,1-6H3,(H,33,37). The van der Waals surface area contributed by atoms with Crippen molar-refractivity contribution in [2.75, 3.05) is 18.1 Å². The lowest BCUT2D eigenvalue weighted by molar-refractivity contribution is -0.159. The molecule has 11 heteroatoms. The number of aromatic hydroxyl groups is 1. The largest absolute Gasteiger partial charge is 0.508 e. The molecule has 2 amide bonds. The summed E-state index contributed by atoms with van der Waals surface area (Å²) in [4.78, 5) is 41.4. The number of ether oxygens (including phenoxy) is 1. The van der Waals surface area contributed by atoms with E-state index in [1.165, 1.54) is 24.0 Å². The van der Waals surface area contributed by atoms with Gasteiger partial charge in [0.1, 0.15) is 33.8 Å². The number of nitrogens with one attached hydrogen (secondary N) is 1. The quantitative estimate of drug-likeness (QED) is 0.284. The molecule has 0 aromatic heterocycles. The van der Waals surface area contributed by atoms with Crippen LogP contribution >= 0.6 is 0 Å². The molecule has 1 saturated heterocycles. The molecule has 5 unspecified atom stereocenters. The predicted molar refractivity (Wildman–Crippen MR) is 164 cm³/mol. The Kier molecular flexibility index (Phi) is 11.3. The third-order valence-electron chi connectivity index (χ3n) is 10.1. The number of rotatable bonds is 13. The summed E-state index contributed by atoms with van der Waals surface area (Å²) in [6.45, 7) is 12.8. The first-order chi connectivity index (χ1) is 20.0. The maximum Gasteiger partial charge on any atom is 0.329 e. The maximum absolute atomic E-state index is 13.7. The van der Waals surface area contributed by atoms with E-state index in [1.807, 2.05) is 6.92 Å². The van der Waals surface area contributed by atoms with Gasteiger partial charge in [-0.3, -0.25) is 9.59 Å². The lowest BCUT2D eigenvalue weighted by atomic mass is 9.66. The number of sulfone groups is 1. The molecule has 3 rings (SSSR count). The molecule has 3 N–H and O–H groups in total. The van der Waals surface area contributed by atoms with E-state index in [4.69, 9.17) is 4.74 Å². The molecular weight excluding hydrogens is 572 g/mol.